The molecule has 2 aromatic carbocycles. The standard InChI is InChI=1S/C27H30O17/c28-6-14-17(34)19(36)20(37)26(42-14)43-24-21(38)23(44-27(8-29)25(39)16(33)12(32)7-40-27)18(35)15-11(31)5-13(41-22(15)24)9-1-3-10(30)4-2-9/h1-5,12,14,16-17,19-20,25-26,28-30,32-39H,6-8H2/t12-,14+,16+,17-,19+,20-,25+,26-,27-/m0/s1. The zero-order valence-corrected chi connectivity index (χ0v) is 22.5. The Balaban J connectivity index is 1.71. The summed E-state index contributed by atoms with van der Waals surface area (Å²) in [6.07, 6.45) is -14.9. The molecule has 3 heterocycles. The lowest BCUT2D eigenvalue weighted by Crippen LogP contribution is -2.65. The van der Waals surface area contributed by atoms with E-state index in [0.717, 1.165) is 6.07 Å². The van der Waals surface area contributed by atoms with Gasteiger partial charge in [-0.15, -0.1) is 0 Å². The van der Waals surface area contributed by atoms with E-state index < -0.39 is 114 Å². The van der Waals surface area contributed by atoms with Crippen LogP contribution < -0.4 is 14.9 Å². The predicted octanol–water partition coefficient (Wildman–Crippen LogP) is -3.06. The molecule has 240 valence electrons. The molecule has 17 nitrogen and oxygen atoms in total. The highest BCUT2D eigenvalue weighted by molar-refractivity contribution is 5.95. The van der Waals surface area contributed by atoms with Crippen LogP contribution in [0, 0.1) is 0 Å². The van der Waals surface area contributed by atoms with Crippen LogP contribution in [0.25, 0.3) is 22.3 Å². The lowest BCUT2D eigenvalue weighted by Gasteiger charge is -2.43. The van der Waals surface area contributed by atoms with E-state index in [9.17, 15) is 61.0 Å². The summed E-state index contributed by atoms with van der Waals surface area (Å²) in [5.74, 6) is -7.12. The third-order valence-corrected chi connectivity index (χ3v) is 7.43. The molecule has 11 N–H and O–H groups in total. The van der Waals surface area contributed by atoms with E-state index in [4.69, 9.17) is 23.4 Å². The maximum atomic E-state index is 13.4. The Labute approximate surface area is 246 Å². The van der Waals surface area contributed by atoms with E-state index in [0.29, 0.717) is 0 Å². The Morgan fingerprint density at radius 1 is 0.864 bits per heavy atom. The molecule has 0 bridgehead atoms. The molecule has 2 fully saturated rings. The van der Waals surface area contributed by atoms with Crippen LogP contribution in [0.15, 0.2) is 39.5 Å². The number of rotatable bonds is 7. The maximum Gasteiger partial charge on any atom is 0.263 e. The summed E-state index contributed by atoms with van der Waals surface area (Å²) in [6, 6.07) is 6.25. The normalized spacial score (nSPS) is 32.5. The average molecular weight is 627 g/mol. The molecule has 2 saturated heterocycles. The molecular formula is C27H30O17. The highest BCUT2D eigenvalue weighted by atomic mass is 16.7. The minimum Gasteiger partial charge on any atom is -0.508 e. The van der Waals surface area contributed by atoms with Crippen molar-refractivity contribution in [1.29, 1.82) is 0 Å². The van der Waals surface area contributed by atoms with Gasteiger partial charge in [-0.3, -0.25) is 4.79 Å². The van der Waals surface area contributed by atoms with E-state index in [1.54, 1.807) is 0 Å². The van der Waals surface area contributed by atoms with Crippen LogP contribution >= 0.6 is 0 Å². The van der Waals surface area contributed by atoms with Crippen LogP contribution in [0.3, 0.4) is 0 Å². The third-order valence-electron chi connectivity index (χ3n) is 7.43. The third kappa shape index (κ3) is 5.28. The first-order valence-electron chi connectivity index (χ1n) is 13.1. The number of phenolic OH excluding ortho intramolecular Hbond substituents is 3. The number of aromatic hydroxyl groups is 3. The second-order valence-corrected chi connectivity index (χ2v) is 10.3. The number of aliphatic hydroxyl groups excluding tert-OH is 8. The van der Waals surface area contributed by atoms with Crippen LogP contribution in [0.2, 0.25) is 0 Å². The van der Waals surface area contributed by atoms with Crippen LogP contribution in [0.1, 0.15) is 0 Å². The van der Waals surface area contributed by atoms with Gasteiger partial charge in [-0.2, -0.15) is 0 Å². The highest BCUT2D eigenvalue weighted by Gasteiger charge is 2.53. The fourth-order valence-electron chi connectivity index (χ4n) is 4.88. The molecule has 0 saturated carbocycles. The Kier molecular flexibility index (Phi) is 8.62. The van der Waals surface area contributed by atoms with E-state index in [-0.39, 0.29) is 17.1 Å². The van der Waals surface area contributed by atoms with Gasteiger partial charge >= 0.3 is 0 Å². The average Bonchev–Trinajstić information content (AvgIpc) is 3.01. The fraction of sp³-hybridized carbons (Fsp3) is 0.444. The summed E-state index contributed by atoms with van der Waals surface area (Å²) in [5, 5.41) is 113. The summed E-state index contributed by atoms with van der Waals surface area (Å²) in [7, 11) is 0. The van der Waals surface area contributed by atoms with Crippen molar-refractivity contribution in [3.8, 4) is 40.1 Å². The number of aliphatic hydroxyl groups is 8. The number of benzene rings is 2. The van der Waals surface area contributed by atoms with Crippen LogP contribution in [0.5, 0.6) is 28.7 Å². The number of fused-ring (bicyclic) bond motifs is 1. The Morgan fingerprint density at radius 3 is 2.18 bits per heavy atom. The van der Waals surface area contributed by atoms with Crippen molar-refractivity contribution >= 4 is 11.0 Å². The molecule has 44 heavy (non-hydrogen) atoms. The largest absolute Gasteiger partial charge is 0.508 e. The second kappa shape index (κ2) is 12.0. The van der Waals surface area contributed by atoms with Crippen molar-refractivity contribution in [2.24, 2.45) is 0 Å². The van der Waals surface area contributed by atoms with E-state index in [1.807, 2.05) is 0 Å². The van der Waals surface area contributed by atoms with Crippen molar-refractivity contribution in [1.82, 2.24) is 0 Å². The topological polar surface area (TPSA) is 290 Å². The Bertz CT molecular complexity index is 1550. The summed E-state index contributed by atoms with van der Waals surface area (Å²) < 4.78 is 27.5. The summed E-state index contributed by atoms with van der Waals surface area (Å²) in [4.78, 5) is 13.4. The fourth-order valence-corrected chi connectivity index (χ4v) is 4.88. The molecule has 0 spiro atoms. The van der Waals surface area contributed by atoms with Crippen molar-refractivity contribution in [2.75, 3.05) is 19.8 Å². The van der Waals surface area contributed by atoms with Gasteiger partial charge in [-0.25, -0.2) is 0 Å². The zero-order chi connectivity index (χ0) is 32.1. The number of phenols is 3. The molecular weight excluding hydrogens is 596 g/mol. The number of ether oxygens (including phenoxy) is 4. The van der Waals surface area contributed by atoms with Crippen molar-refractivity contribution in [3.05, 3.63) is 40.6 Å². The second-order valence-electron chi connectivity index (χ2n) is 10.3. The van der Waals surface area contributed by atoms with Gasteiger partial charge in [0.2, 0.25) is 23.5 Å². The minimum atomic E-state index is -2.62. The van der Waals surface area contributed by atoms with Gasteiger partial charge in [0.05, 0.1) is 13.2 Å². The smallest absolute Gasteiger partial charge is 0.263 e. The monoisotopic (exact) mass is 626 g/mol. The first kappa shape index (κ1) is 31.7. The quantitative estimate of drug-likeness (QED) is 0.124. The van der Waals surface area contributed by atoms with Gasteiger partial charge in [0.15, 0.2) is 16.8 Å². The van der Waals surface area contributed by atoms with Gasteiger partial charge in [0.25, 0.3) is 5.79 Å². The van der Waals surface area contributed by atoms with Gasteiger partial charge in [0.1, 0.15) is 66.2 Å². The molecule has 2 aliphatic rings. The van der Waals surface area contributed by atoms with Crippen LogP contribution in [0.4, 0.5) is 0 Å². The first-order chi connectivity index (χ1) is 20.8. The predicted molar refractivity (Wildman–Crippen MR) is 142 cm³/mol. The molecule has 1 aromatic heterocycles. The van der Waals surface area contributed by atoms with E-state index >= 15 is 0 Å². The maximum absolute atomic E-state index is 13.4. The first-order valence-corrected chi connectivity index (χ1v) is 13.1. The molecule has 5 rings (SSSR count). The summed E-state index contributed by atoms with van der Waals surface area (Å²) in [5.41, 5.74) is -1.39. The highest BCUT2D eigenvalue weighted by Crippen LogP contribution is 2.52. The molecule has 0 radical (unpaired) electrons. The van der Waals surface area contributed by atoms with Gasteiger partial charge in [0, 0.05) is 11.6 Å². The van der Waals surface area contributed by atoms with E-state index in [2.05, 4.69) is 0 Å². The minimum absolute atomic E-state index is 0.108. The van der Waals surface area contributed by atoms with Crippen LogP contribution in [-0.4, -0.2) is 131 Å². The molecule has 9 atom stereocenters. The summed E-state index contributed by atoms with van der Waals surface area (Å²) in [6.45, 7) is -2.74. The van der Waals surface area contributed by atoms with Crippen LogP contribution in [-0.2, 0) is 9.47 Å². The Hall–Kier alpha value is -3.75. The van der Waals surface area contributed by atoms with Gasteiger partial charge in [-0.1, -0.05) is 0 Å². The molecule has 17 heteroatoms. The lowest BCUT2D eigenvalue weighted by atomic mass is 9.97. The molecule has 0 aliphatic carbocycles. The SMILES string of the molecule is O=c1cc(-c2ccc(O)cc2)oc2c(O[C@@H]3O[C@H](CO)[C@H](O)[C@@H](O)[C@@H]3O)c(O)c(O[C@]3(CO)OC[C@H](O)[C@@H](O)[C@H]3O)c(O)c12. The molecule has 2 aliphatic heterocycles. The Morgan fingerprint density at radius 2 is 1.55 bits per heavy atom. The molecule has 3 aromatic rings. The van der Waals surface area contributed by atoms with Crippen molar-refractivity contribution in [2.45, 2.75) is 54.8 Å². The molecule has 0 unspecified atom stereocenters. The lowest BCUT2D eigenvalue weighted by molar-refractivity contribution is -0.319. The van der Waals surface area contributed by atoms with Crippen molar-refractivity contribution < 1.29 is 79.5 Å². The number of hydrogen-bond donors (Lipinski definition) is 11. The number of hydrogen-bond acceptors (Lipinski definition) is 17. The van der Waals surface area contributed by atoms with Crippen molar-refractivity contribution in [3.63, 3.8) is 0 Å². The van der Waals surface area contributed by atoms with Gasteiger partial charge < -0.3 is 79.5 Å². The zero-order valence-electron chi connectivity index (χ0n) is 22.5. The van der Waals surface area contributed by atoms with Gasteiger partial charge in [-0.05, 0) is 24.3 Å². The molecule has 0 amide bonds. The van der Waals surface area contributed by atoms with E-state index in [1.165, 1.54) is 24.3 Å². The summed E-state index contributed by atoms with van der Waals surface area (Å²) >= 11 is 0.